The smallest absolute Gasteiger partial charge is 0.414 e. The first-order valence-corrected chi connectivity index (χ1v) is 7.22. The number of carbonyl (C=O) groups is 1. The molecular formula is C17H15N3O2. The molecule has 1 aromatic carbocycles. The molecule has 1 fully saturated rings. The molecule has 0 saturated carbocycles. The van der Waals surface area contributed by atoms with Gasteiger partial charge in [-0.2, -0.15) is 5.10 Å². The van der Waals surface area contributed by atoms with Gasteiger partial charge in [0.15, 0.2) is 0 Å². The lowest BCUT2D eigenvalue weighted by Gasteiger charge is -2.18. The van der Waals surface area contributed by atoms with E-state index in [-0.39, 0.29) is 6.09 Å². The molecule has 0 N–H and O–H groups in total. The monoisotopic (exact) mass is 293 g/mol. The van der Waals surface area contributed by atoms with E-state index in [0.717, 1.165) is 28.0 Å². The number of hydrogen-bond acceptors (Lipinski definition) is 3. The molecule has 3 heterocycles. The predicted molar refractivity (Wildman–Crippen MR) is 84.1 cm³/mol. The van der Waals surface area contributed by atoms with Gasteiger partial charge < -0.3 is 4.74 Å². The molecule has 22 heavy (non-hydrogen) atoms. The molecule has 1 saturated heterocycles. The summed E-state index contributed by atoms with van der Waals surface area (Å²) in [6.07, 6.45) is 1.48. The third kappa shape index (κ3) is 1.94. The number of pyridine rings is 1. The zero-order valence-corrected chi connectivity index (χ0v) is 12.2. The summed E-state index contributed by atoms with van der Waals surface area (Å²) in [5, 5.41) is 4.39. The van der Waals surface area contributed by atoms with E-state index in [1.807, 2.05) is 47.8 Å². The van der Waals surface area contributed by atoms with Crippen molar-refractivity contribution in [2.45, 2.75) is 6.92 Å². The normalized spacial score (nSPS) is 14.6. The van der Waals surface area contributed by atoms with Crippen molar-refractivity contribution in [3.05, 3.63) is 54.2 Å². The van der Waals surface area contributed by atoms with Crippen molar-refractivity contribution in [2.24, 2.45) is 0 Å². The minimum atomic E-state index is -0.294. The molecule has 5 heteroatoms. The number of fused-ring (bicyclic) bond motifs is 1. The van der Waals surface area contributed by atoms with E-state index < -0.39 is 0 Å². The van der Waals surface area contributed by atoms with E-state index in [9.17, 15) is 4.79 Å². The van der Waals surface area contributed by atoms with Gasteiger partial charge in [-0.05, 0) is 37.3 Å². The van der Waals surface area contributed by atoms with Crippen molar-refractivity contribution >= 4 is 17.3 Å². The average molecular weight is 293 g/mol. The number of nitrogens with zero attached hydrogens (tertiary/aromatic N) is 3. The van der Waals surface area contributed by atoms with Crippen molar-refractivity contribution in [3.8, 4) is 11.3 Å². The molecule has 0 radical (unpaired) electrons. The van der Waals surface area contributed by atoms with Gasteiger partial charge in [-0.1, -0.05) is 17.7 Å². The van der Waals surface area contributed by atoms with Crippen LogP contribution in [0.25, 0.3) is 16.8 Å². The van der Waals surface area contributed by atoms with Crippen LogP contribution in [0.5, 0.6) is 0 Å². The number of benzene rings is 1. The second-order valence-corrected chi connectivity index (χ2v) is 5.37. The standard InChI is InChI=1S/C17H15N3O2/c1-12-5-6-15(19-9-10-22-17(19)21)14(11-12)16-4-2-3-13-7-8-18-20(13)16/h2-8,11H,9-10H2,1H3. The first-order chi connectivity index (χ1) is 10.7. The molecule has 0 unspecified atom stereocenters. The Hall–Kier alpha value is -2.82. The fraction of sp³-hybridized carbons (Fsp3) is 0.176. The molecule has 0 atom stereocenters. The summed E-state index contributed by atoms with van der Waals surface area (Å²) in [5.41, 5.74) is 4.95. The number of aromatic nitrogens is 2. The Morgan fingerprint density at radius 1 is 1.18 bits per heavy atom. The van der Waals surface area contributed by atoms with Crippen LogP contribution in [0.1, 0.15) is 5.56 Å². The molecule has 1 amide bonds. The van der Waals surface area contributed by atoms with E-state index in [4.69, 9.17) is 4.74 Å². The first kappa shape index (κ1) is 12.9. The maximum atomic E-state index is 11.9. The van der Waals surface area contributed by atoms with Gasteiger partial charge in [0.05, 0.1) is 29.6 Å². The zero-order valence-electron chi connectivity index (χ0n) is 12.2. The van der Waals surface area contributed by atoms with Gasteiger partial charge in [-0.25, -0.2) is 9.31 Å². The lowest BCUT2D eigenvalue weighted by molar-refractivity contribution is 0.181. The number of rotatable bonds is 2. The molecule has 4 rings (SSSR count). The van der Waals surface area contributed by atoms with Crippen LogP contribution in [0.4, 0.5) is 10.5 Å². The Morgan fingerprint density at radius 2 is 2.09 bits per heavy atom. The molecule has 0 bridgehead atoms. The third-order valence-corrected chi connectivity index (χ3v) is 3.90. The molecular weight excluding hydrogens is 278 g/mol. The van der Waals surface area contributed by atoms with Crippen LogP contribution in [0, 0.1) is 6.92 Å². The summed E-state index contributed by atoms with van der Waals surface area (Å²) >= 11 is 0. The largest absolute Gasteiger partial charge is 0.447 e. The minimum Gasteiger partial charge on any atom is -0.447 e. The van der Waals surface area contributed by atoms with E-state index in [1.165, 1.54) is 0 Å². The van der Waals surface area contributed by atoms with Crippen molar-refractivity contribution in [3.63, 3.8) is 0 Å². The van der Waals surface area contributed by atoms with Gasteiger partial charge in [-0.15, -0.1) is 0 Å². The number of carbonyl (C=O) groups excluding carboxylic acids is 1. The molecule has 1 aliphatic rings. The Morgan fingerprint density at radius 3 is 2.91 bits per heavy atom. The summed E-state index contributed by atoms with van der Waals surface area (Å²) in [6, 6.07) is 14.0. The van der Waals surface area contributed by atoms with E-state index >= 15 is 0 Å². The minimum absolute atomic E-state index is 0.294. The molecule has 0 aliphatic carbocycles. The number of ether oxygens (including phenoxy) is 1. The second kappa shape index (κ2) is 4.87. The Bertz CT molecular complexity index is 869. The lowest BCUT2D eigenvalue weighted by Crippen LogP contribution is -2.24. The molecule has 5 nitrogen and oxygen atoms in total. The van der Waals surface area contributed by atoms with Crippen LogP contribution in [0.2, 0.25) is 0 Å². The van der Waals surface area contributed by atoms with Crippen LogP contribution < -0.4 is 4.90 Å². The van der Waals surface area contributed by atoms with Crippen molar-refractivity contribution in [1.82, 2.24) is 9.61 Å². The highest BCUT2D eigenvalue weighted by atomic mass is 16.6. The average Bonchev–Trinajstić information content (AvgIpc) is 3.15. The second-order valence-electron chi connectivity index (χ2n) is 5.37. The summed E-state index contributed by atoms with van der Waals surface area (Å²) in [6.45, 7) is 3.04. The molecule has 2 aromatic heterocycles. The zero-order chi connectivity index (χ0) is 15.1. The van der Waals surface area contributed by atoms with Crippen LogP contribution in [-0.2, 0) is 4.74 Å². The van der Waals surface area contributed by atoms with Crippen LogP contribution >= 0.6 is 0 Å². The van der Waals surface area contributed by atoms with Gasteiger partial charge >= 0.3 is 6.09 Å². The highest BCUT2D eigenvalue weighted by Crippen LogP contribution is 2.33. The summed E-state index contributed by atoms with van der Waals surface area (Å²) in [7, 11) is 0. The van der Waals surface area contributed by atoms with Crippen molar-refractivity contribution in [2.75, 3.05) is 18.1 Å². The van der Waals surface area contributed by atoms with Crippen LogP contribution in [0.15, 0.2) is 48.7 Å². The first-order valence-electron chi connectivity index (χ1n) is 7.22. The fourth-order valence-corrected chi connectivity index (χ4v) is 2.86. The fourth-order valence-electron chi connectivity index (χ4n) is 2.86. The van der Waals surface area contributed by atoms with E-state index in [2.05, 4.69) is 11.2 Å². The van der Waals surface area contributed by atoms with Crippen LogP contribution in [0.3, 0.4) is 0 Å². The number of anilines is 1. The maximum absolute atomic E-state index is 11.9. The van der Waals surface area contributed by atoms with Crippen LogP contribution in [-0.4, -0.2) is 28.9 Å². The van der Waals surface area contributed by atoms with Crippen molar-refractivity contribution in [1.29, 1.82) is 0 Å². The highest BCUT2D eigenvalue weighted by Gasteiger charge is 2.26. The molecule has 1 aliphatic heterocycles. The number of aryl methyl sites for hydroxylation is 1. The van der Waals surface area contributed by atoms with Gasteiger partial charge in [0.25, 0.3) is 0 Å². The van der Waals surface area contributed by atoms with Crippen molar-refractivity contribution < 1.29 is 9.53 Å². The quantitative estimate of drug-likeness (QED) is 0.728. The summed E-state index contributed by atoms with van der Waals surface area (Å²) < 4.78 is 6.97. The maximum Gasteiger partial charge on any atom is 0.414 e. The highest BCUT2D eigenvalue weighted by molar-refractivity contribution is 5.95. The van der Waals surface area contributed by atoms with E-state index in [1.54, 1.807) is 11.1 Å². The lowest BCUT2D eigenvalue weighted by atomic mass is 10.0. The molecule has 0 spiro atoms. The van der Waals surface area contributed by atoms with Gasteiger partial charge in [0.2, 0.25) is 0 Å². The van der Waals surface area contributed by atoms with Gasteiger partial charge in [0, 0.05) is 5.56 Å². The molecule has 110 valence electrons. The summed E-state index contributed by atoms with van der Waals surface area (Å²) in [5.74, 6) is 0. The SMILES string of the molecule is Cc1ccc(N2CCOC2=O)c(-c2cccc3ccnn23)c1. The Kier molecular flexibility index (Phi) is 2.85. The van der Waals surface area contributed by atoms with E-state index in [0.29, 0.717) is 13.2 Å². The van der Waals surface area contributed by atoms with Gasteiger partial charge in [-0.3, -0.25) is 4.90 Å². The number of amides is 1. The topological polar surface area (TPSA) is 46.8 Å². The predicted octanol–water partition coefficient (Wildman–Crippen LogP) is 3.27. The van der Waals surface area contributed by atoms with Gasteiger partial charge in [0.1, 0.15) is 6.61 Å². The Balaban J connectivity index is 1.96. The molecule has 3 aromatic rings. The Labute approximate surface area is 127 Å². The third-order valence-electron chi connectivity index (χ3n) is 3.90. The number of cyclic esters (lactones) is 1. The summed E-state index contributed by atoms with van der Waals surface area (Å²) in [4.78, 5) is 13.6. The number of hydrogen-bond donors (Lipinski definition) is 0.